The summed E-state index contributed by atoms with van der Waals surface area (Å²) < 4.78 is 9.88. The smallest absolute Gasteiger partial charge is 0.246 e. The van der Waals surface area contributed by atoms with E-state index >= 15 is 0 Å². The average molecular weight is 237 g/mol. The second kappa shape index (κ2) is 6.91. The fourth-order valence-corrected chi connectivity index (χ4v) is 1.62. The Hall–Kier alpha value is -1.55. The fraction of sp³-hybridized carbons (Fsp3) is 0.462. The monoisotopic (exact) mass is 237 g/mol. The summed E-state index contributed by atoms with van der Waals surface area (Å²) in [6.45, 7) is 2.12. The Labute approximate surface area is 102 Å². The SMILES string of the molecule is CCC(NC(=O)COC)c1ccc(OC)cc1. The fourth-order valence-electron chi connectivity index (χ4n) is 1.62. The molecule has 0 saturated heterocycles. The minimum atomic E-state index is -0.102. The van der Waals surface area contributed by atoms with E-state index in [4.69, 9.17) is 9.47 Å². The average Bonchev–Trinajstić information content (AvgIpc) is 2.36. The highest BCUT2D eigenvalue weighted by atomic mass is 16.5. The van der Waals surface area contributed by atoms with Crippen LogP contribution in [0.25, 0.3) is 0 Å². The topological polar surface area (TPSA) is 47.6 Å². The van der Waals surface area contributed by atoms with Crippen LogP contribution in [-0.4, -0.2) is 26.7 Å². The van der Waals surface area contributed by atoms with Crippen molar-refractivity contribution in [2.45, 2.75) is 19.4 Å². The van der Waals surface area contributed by atoms with Crippen molar-refractivity contribution < 1.29 is 14.3 Å². The van der Waals surface area contributed by atoms with Crippen LogP contribution in [-0.2, 0) is 9.53 Å². The van der Waals surface area contributed by atoms with Crippen molar-refractivity contribution in [2.75, 3.05) is 20.8 Å². The van der Waals surface area contributed by atoms with E-state index in [0.717, 1.165) is 17.7 Å². The summed E-state index contributed by atoms with van der Waals surface area (Å²) in [4.78, 5) is 11.4. The Bertz CT molecular complexity index is 348. The van der Waals surface area contributed by atoms with Gasteiger partial charge in [0.15, 0.2) is 0 Å². The van der Waals surface area contributed by atoms with Gasteiger partial charge in [-0.25, -0.2) is 0 Å². The van der Waals surface area contributed by atoms with E-state index in [1.54, 1.807) is 7.11 Å². The van der Waals surface area contributed by atoms with Crippen molar-refractivity contribution >= 4 is 5.91 Å². The van der Waals surface area contributed by atoms with Gasteiger partial charge in [-0.3, -0.25) is 4.79 Å². The van der Waals surface area contributed by atoms with E-state index in [1.165, 1.54) is 7.11 Å². The summed E-state index contributed by atoms with van der Waals surface area (Å²) in [5.41, 5.74) is 1.07. The predicted octanol–water partition coefficient (Wildman–Crippen LogP) is 1.91. The highest BCUT2D eigenvalue weighted by molar-refractivity contribution is 5.77. The minimum absolute atomic E-state index is 0.0172. The molecule has 1 atom stereocenters. The zero-order chi connectivity index (χ0) is 12.7. The van der Waals surface area contributed by atoms with E-state index in [1.807, 2.05) is 31.2 Å². The molecule has 0 heterocycles. The zero-order valence-corrected chi connectivity index (χ0v) is 10.5. The standard InChI is InChI=1S/C13H19NO3/c1-4-12(14-13(15)9-16-2)10-5-7-11(17-3)8-6-10/h5-8,12H,4,9H2,1-3H3,(H,14,15). The van der Waals surface area contributed by atoms with Crippen molar-refractivity contribution in [3.63, 3.8) is 0 Å². The molecule has 0 bridgehead atoms. The van der Waals surface area contributed by atoms with Crippen LogP contribution in [0, 0.1) is 0 Å². The van der Waals surface area contributed by atoms with Gasteiger partial charge in [-0.15, -0.1) is 0 Å². The molecule has 1 aromatic carbocycles. The number of nitrogens with one attached hydrogen (secondary N) is 1. The number of ether oxygens (including phenoxy) is 2. The molecular formula is C13H19NO3. The molecule has 0 aromatic heterocycles. The number of benzene rings is 1. The van der Waals surface area contributed by atoms with E-state index in [-0.39, 0.29) is 18.6 Å². The number of hydrogen-bond donors (Lipinski definition) is 1. The molecule has 0 spiro atoms. The van der Waals surface area contributed by atoms with Gasteiger partial charge in [0.05, 0.1) is 13.2 Å². The maximum atomic E-state index is 11.4. The van der Waals surface area contributed by atoms with Gasteiger partial charge in [0, 0.05) is 7.11 Å². The molecule has 0 fully saturated rings. The number of rotatable bonds is 6. The molecule has 1 unspecified atom stereocenters. The van der Waals surface area contributed by atoms with Crippen LogP contribution in [0.2, 0.25) is 0 Å². The van der Waals surface area contributed by atoms with Gasteiger partial charge in [-0.05, 0) is 24.1 Å². The van der Waals surface area contributed by atoms with Crippen LogP contribution in [0.15, 0.2) is 24.3 Å². The second-order valence-electron chi connectivity index (χ2n) is 3.73. The van der Waals surface area contributed by atoms with Crippen molar-refractivity contribution in [2.24, 2.45) is 0 Å². The van der Waals surface area contributed by atoms with Gasteiger partial charge in [0.1, 0.15) is 12.4 Å². The van der Waals surface area contributed by atoms with Gasteiger partial charge in [0.25, 0.3) is 0 Å². The molecule has 0 radical (unpaired) electrons. The molecule has 0 aliphatic carbocycles. The molecule has 1 amide bonds. The normalized spacial score (nSPS) is 11.9. The Morgan fingerprint density at radius 3 is 2.41 bits per heavy atom. The second-order valence-corrected chi connectivity index (χ2v) is 3.73. The third-order valence-corrected chi connectivity index (χ3v) is 2.54. The quantitative estimate of drug-likeness (QED) is 0.822. The van der Waals surface area contributed by atoms with Crippen LogP contribution in [0.5, 0.6) is 5.75 Å². The van der Waals surface area contributed by atoms with Crippen LogP contribution in [0.4, 0.5) is 0 Å². The summed E-state index contributed by atoms with van der Waals surface area (Å²) in [6, 6.07) is 7.71. The largest absolute Gasteiger partial charge is 0.497 e. The lowest BCUT2D eigenvalue weighted by Gasteiger charge is -2.17. The number of amides is 1. The predicted molar refractivity (Wildman–Crippen MR) is 66.0 cm³/mol. The number of methoxy groups -OCH3 is 2. The van der Waals surface area contributed by atoms with Gasteiger partial charge < -0.3 is 14.8 Å². The van der Waals surface area contributed by atoms with Crippen molar-refractivity contribution in [3.05, 3.63) is 29.8 Å². The first-order chi connectivity index (χ1) is 8.21. The maximum absolute atomic E-state index is 11.4. The zero-order valence-electron chi connectivity index (χ0n) is 10.5. The van der Waals surface area contributed by atoms with Crippen molar-refractivity contribution in [1.82, 2.24) is 5.32 Å². The highest BCUT2D eigenvalue weighted by Gasteiger charge is 2.12. The third-order valence-electron chi connectivity index (χ3n) is 2.54. The lowest BCUT2D eigenvalue weighted by atomic mass is 10.0. The number of hydrogen-bond acceptors (Lipinski definition) is 3. The van der Waals surface area contributed by atoms with E-state index < -0.39 is 0 Å². The van der Waals surface area contributed by atoms with Crippen molar-refractivity contribution in [1.29, 1.82) is 0 Å². The van der Waals surface area contributed by atoms with Crippen LogP contribution in [0.1, 0.15) is 24.9 Å². The first kappa shape index (κ1) is 13.5. The van der Waals surface area contributed by atoms with E-state index in [0.29, 0.717) is 0 Å². The summed E-state index contributed by atoms with van der Waals surface area (Å²) in [7, 11) is 3.14. The van der Waals surface area contributed by atoms with Crippen LogP contribution < -0.4 is 10.1 Å². The molecule has 4 heteroatoms. The third kappa shape index (κ3) is 4.07. The number of carbonyl (C=O) groups excluding carboxylic acids is 1. The lowest BCUT2D eigenvalue weighted by Crippen LogP contribution is -2.31. The van der Waals surface area contributed by atoms with Gasteiger partial charge in [0.2, 0.25) is 5.91 Å². The summed E-state index contributed by atoms with van der Waals surface area (Å²) in [5, 5.41) is 2.92. The lowest BCUT2D eigenvalue weighted by molar-refractivity contribution is -0.125. The molecule has 0 aliphatic rings. The molecular weight excluding hydrogens is 218 g/mol. The molecule has 1 aromatic rings. The Morgan fingerprint density at radius 1 is 1.29 bits per heavy atom. The minimum Gasteiger partial charge on any atom is -0.497 e. The van der Waals surface area contributed by atoms with E-state index in [9.17, 15) is 4.79 Å². The Balaban J connectivity index is 2.68. The van der Waals surface area contributed by atoms with Gasteiger partial charge in [-0.1, -0.05) is 19.1 Å². The maximum Gasteiger partial charge on any atom is 0.246 e. The van der Waals surface area contributed by atoms with Gasteiger partial charge in [-0.2, -0.15) is 0 Å². The molecule has 0 saturated carbocycles. The first-order valence-corrected chi connectivity index (χ1v) is 5.63. The summed E-state index contributed by atoms with van der Waals surface area (Å²) >= 11 is 0. The molecule has 17 heavy (non-hydrogen) atoms. The van der Waals surface area contributed by atoms with Crippen molar-refractivity contribution in [3.8, 4) is 5.75 Å². The van der Waals surface area contributed by atoms with E-state index in [2.05, 4.69) is 5.32 Å². The molecule has 0 aliphatic heterocycles. The molecule has 1 N–H and O–H groups in total. The Kier molecular flexibility index (Phi) is 5.49. The molecule has 1 rings (SSSR count). The molecule has 4 nitrogen and oxygen atoms in total. The highest BCUT2D eigenvalue weighted by Crippen LogP contribution is 2.19. The summed E-state index contributed by atoms with van der Waals surface area (Å²) in [6.07, 6.45) is 0.835. The first-order valence-electron chi connectivity index (χ1n) is 5.63. The van der Waals surface area contributed by atoms with Crippen LogP contribution >= 0.6 is 0 Å². The molecule has 94 valence electrons. The number of carbonyl (C=O) groups is 1. The Morgan fingerprint density at radius 2 is 1.94 bits per heavy atom. The summed E-state index contributed by atoms with van der Waals surface area (Å²) in [5.74, 6) is 0.710. The van der Waals surface area contributed by atoms with Gasteiger partial charge >= 0.3 is 0 Å². The van der Waals surface area contributed by atoms with Crippen LogP contribution in [0.3, 0.4) is 0 Å².